The molecule has 0 aliphatic heterocycles. The van der Waals surface area contributed by atoms with E-state index in [9.17, 15) is 17.6 Å². The number of alkyl halides is 3. The van der Waals surface area contributed by atoms with Crippen molar-refractivity contribution in [3.8, 4) is 0 Å². The summed E-state index contributed by atoms with van der Waals surface area (Å²) in [6.07, 6.45) is -2.03. The molecule has 0 aliphatic carbocycles. The average molecular weight is 259 g/mol. The van der Waals surface area contributed by atoms with E-state index in [1.807, 2.05) is 0 Å². The highest BCUT2D eigenvalue weighted by Gasteiger charge is 2.28. The van der Waals surface area contributed by atoms with Gasteiger partial charge in [-0.3, -0.25) is 9.67 Å². The smallest absolute Gasteiger partial charge is 0.265 e. The molecule has 0 bridgehead atoms. The monoisotopic (exact) mass is 259 g/mol. The predicted octanol–water partition coefficient (Wildman–Crippen LogP) is 2.74. The molecule has 0 saturated heterocycles. The number of aromatic nitrogens is 3. The Bertz CT molecular complexity index is 512. The van der Waals surface area contributed by atoms with Gasteiger partial charge in [0.15, 0.2) is 5.82 Å². The molecule has 0 saturated carbocycles. The Hall–Kier alpha value is -1.92. The predicted molar refractivity (Wildman–Crippen MR) is 55.4 cm³/mol. The van der Waals surface area contributed by atoms with Crippen molar-refractivity contribution in [1.29, 1.82) is 0 Å². The highest BCUT2D eigenvalue weighted by Crippen LogP contribution is 2.25. The Balaban J connectivity index is 2.19. The highest BCUT2D eigenvalue weighted by atomic mass is 19.3. The molecule has 7 heteroatoms. The molecule has 2 heterocycles. The number of pyridine rings is 1. The third kappa shape index (κ3) is 2.66. The maximum atomic E-state index is 13.3. The van der Waals surface area contributed by atoms with Crippen LogP contribution in [0.4, 0.5) is 17.6 Å². The fraction of sp³-hybridized carbons (Fsp3) is 0.273. The maximum Gasteiger partial charge on any atom is 0.275 e. The summed E-state index contributed by atoms with van der Waals surface area (Å²) in [5.41, 5.74) is -0.106. The van der Waals surface area contributed by atoms with E-state index in [4.69, 9.17) is 0 Å². The SMILES string of the molecule is Fc1cn(Cc2ccncc2)nc1C(F)C(F)F. The molecule has 2 aromatic rings. The molecule has 0 fully saturated rings. The first kappa shape index (κ1) is 12.5. The van der Waals surface area contributed by atoms with Crippen LogP contribution in [0.25, 0.3) is 0 Å². The van der Waals surface area contributed by atoms with Gasteiger partial charge in [-0.25, -0.2) is 17.6 Å². The number of nitrogens with zero attached hydrogens (tertiary/aromatic N) is 3. The van der Waals surface area contributed by atoms with Crippen LogP contribution >= 0.6 is 0 Å². The maximum absolute atomic E-state index is 13.3. The van der Waals surface area contributed by atoms with Crippen LogP contribution in [0.2, 0.25) is 0 Å². The van der Waals surface area contributed by atoms with Gasteiger partial charge in [0, 0.05) is 12.4 Å². The molecule has 1 atom stereocenters. The highest BCUT2D eigenvalue weighted by molar-refractivity contribution is 5.12. The molecule has 0 aromatic carbocycles. The summed E-state index contributed by atoms with van der Waals surface area (Å²) in [5, 5.41) is 3.49. The van der Waals surface area contributed by atoms with Crippen molar-refractivity contribution >= 4 is 0 Å². The Morgan fingerprint density at radius 2 is 1.83 bits per heavy atom. The van der Waals surface area contributed by atoms with E-state index in [1.54, 1.807) is 12.1 Å². The second-order valence-corrected chi connectivity index (χ2v) is 3.65. The molecule has 0 aliphatic rings. The summed E-state index contributed by atoms with van der Waals surface area (Å²) in [5.74, 6) is -1.07. The molecule has 2 aromatic heterocycles. The van der Waals surface area contributed by atoms with Crippen molar-refractivity contribution in [3.05, 3.63) is 47.8 Å². The molecule has 0 spiro atoms. The standard InChI is InChI=1S/C11H9F4N3/c12-8-6-18(5-7-1-3-16-4-2-7)17-10(8)9(13)11(14)15/h1-4,6,9,11H,5H2. The van der Waals surface area contributed by atoms with Gasteiger partial charge < -0.3 is 0 Å². The molecule has 96 valence electrons. The first-order valence-electron chi connectivity index (χ1n) is 5.12. The van der Waals surface area contributed by atoms with Gasteiger partial charge in [0.25, 0.3) is 6.43 Å². The van der Waals surface area contributed by atoms with Crippen LogP contribution in [0.15, 0.2) is 30.7 Å². The van der Waals surface area contributed by atoms with Crippen molar-refractivity contribution in [2.24, 2.45) is 0 Å². The molecule has 0 radical (unpaired) electrons. The van der Waals surface area contributed by atoms with Crippen LogP contribution in [0, 0.1) is 5.82 Å². The number of halogens is 4. The van der Waals surface area contributed by atoms with Crippen LogP contribution in [0.1, 0.15) is 17.4 Å². The minimum absolute atomic E-state index is 0.162. The first-order chi connectivity index (χ1) is 8.58. The lowest BCUT2D eigenvalue weighted by molar-refractivity contribution is 0.0450. The van der Waals surface area contributed by atoms with E-state index < -0.39 is 24.1 Å². The zero-order valence-electron chi connectivity index (χ0n) is 9.10. The lowest BCUT2D eigenvalue weighted by atomic mass is 10.3. The third-order valence-corrected chi connectivity index (χ3v) is 2.32. The van der Waals surface area contributed by atoms with Gasteiger partial charge in [-0.15, -0.1) is 0 Å². The summed E-state index contributed by atoms with van der Waals surface area (Å²) in [6, 6.07) is 3.33. The van der Waals surface area contributed by atoms with Crippen LogP contribution in [-0.2, 0) is 6.54 Å². The molecular weight excluding hydrogens is 250 g/mol. The van der Waals surface area contributed by atoms with E-state index in [2.05, 4.69) is 10.1 Å². The third-order valence-electron chi connectivity index (χ3n) is 2.32. The van der Waals surface area contributed by atoms with Crippen molar-refractivity contribution in [2.75, 3.05) is 0 Å². The first-order valence-corrected chi connectivity index (χ1v) is 5.12. The van der Waals surface area contributed by atoms with E-state index in [1.165, 1.54) is 12.4 Å². The largest absolute Gasteiger partial charge is 0.275 e. The molecule has 3 nitrogen and oxygen atoms in total. The number of hydrogen-bond donors (Lipinski definition) is 0. The fourth-order valence-corrected chi connectivity index (χ4v) is 1.47. The topological polar surface area (TPSA) is 30.7 Å². The minimum Gasteiger partial charge on any atom is -0.265 e. The van der Waals surface area contributed by atoms with E-state index in [0.29, 0.717) is 0 Å². The summed E-state index contributed by atoms with van der Waals surface area (Å²) >= 11 is 0. The minimum atomic E-state index is -3.29. The Kier molecular flexibility index (Phi) is 3.59. The van der Waals surface area contributed by atoms with Crippen LogP contribution in [-0.4, -0.2) is 21.2 Å². The van der Waals surface area contributed by atoms with Gasteiger partial charge in [0.1, 0.15) is 5.69 Å². The second kappa shape index (κ2) is 5.16. The molecule has 18 heavy (non-hydrogen) atoms. The van der Waals surface area contributed by atoms with Crippen LogP contribution in [0.3, 0.4) is 0 Å². The van der Waals surface area contributed by atoms with E-state index in [0.717, 1.165) is 16.4 Å². The Labute approximate surface area is 100 Å². The summed E-state index contributed by atoms with van der Waals surface area (Å²) in [7, 11) is 0. The van der Waals surface area contributed by atoms with Gasteiger partial charge in [0.05, 0.1) is 12.7 Å². The van der Waals surface area contributed by atoms with Gasteiger partial charge in [-0.2, -0.15) is 5.10 Å². The van der Waals surface area contributed by atoms with Crippen molar-refractivity contribution in [2.45, 2.75) is 19.1 Å². The summed E-state index contributed by atoms with van der Waals surface area (Å²) in [6.45, 7) is 0.162. The Morgan fingerprint density at radius 1 is 1.17 bits per heavy atom. The van der Waals surface area contributed by atoms with E-state index in [-0.39, 0.29) is 6.54 Å². The summed E-state index contributed by atoms with van der Waals surface area (Å²) < 4.78 is 51.6. The lowest BCUT2D eigenvalue weighted by Gasteiger charge is -2.03. The quantitative estimate of drug-likeness (QED) is 0.790. The van der Waals surface area contributed by atoms with E-state index >= 15 is 0 Å². The molecule has 2 rings (SSSR count). The van der Waals surface area contributed by atoms with Crippen LogP contribution in [0.5, 0.6) is 0 Å². The Morgan fingerprint density at radius 3 is 2.44 bits per heavy atom. The zero-order valence-corrected chi connectivity index (χ0v) is 9.10. The van der Waals surface area contributed by atoms with Crippen molar-refractivity contribution in [3.63, 3.8) is 0 Å². The van der Waals surface area contributed by atoms with Crippen molar-refractivity contribution in [1.82, 2.24) is 14.8 Å². The normalized spacial score (nSPS) is 12.9. The number of hydrogen-bond acceptors (Lipinski definition) is 2. The average Bonchev–Trinajstić information content (AvgIpc) is 2.70. The van der Waals surface area contributed by atoms with Crippen molar-refractivity contribution < 1.29 is 17.6 Å². The fourth-order valence-electron chi connectivity index (χ4n) is 1.47. The zero-order chi connectivity index (χ0) is 13.1. The lowest BCUT2D eigenvalue weighted by Crippen LogP contribution is -2.07. The van der Waals surface area contributed by atoms with Gasteiger partial charge >= 0.3 is 0 Å². The number of rotatable bonds is 4. The molecule has 0 amide bonds. The second-order valence-electron chi connectivity index (χ2n) is 3.65. The molecule has 1 unspecified atom stereocenters. The molecular formula is C11H9F4N3. The van der Waals surface area contributed by atoms with Crippen LogP contribution < -0.4 is 0 Å². The van der Waals surface area contributed by atoms with Gasteiger partial charge in [0.2, 0.25) is 6.17 Å². The van der Waals surface area contributed by atoms with Gasteiger partial charge in [-0.1, -0.05) is 0 Å². The molecule has 0 N–H and O–H groups in total. The van der Waals surface area contributed by atoms with Gasteiger partial charge in [-0.05, 0) is 17.7 Å². The summed E-state index contributed by atoms with van der Waals surface area (Å²) in [4.78, 5) is 3.80.